The number of hydrogen-bond acceptors (Lipinski definition) is 5. The molecule has 0 aliphatic heterocycles. The Labute approximate surface area is 164 Å². The van der Waals surface area contributed by atoms with Crippen LogP contribution in [-0.4, -0.2) is 35.6 Å². The molecular weight excluding hydrogens is 350 g/mol. The quantitative estimate of drug-likeness (QED) is 0.475. The topological polar surface area (TPSA) is 51.4 Å². The lowest BCUT2D eigenvalue weighted by molar-refractivity contribution is 0.331. The van der Waals surface area contributed by atoms with E-state index in [0.717, 1.165) is 53.4 Å². The van der Waals surface area contributed by atoms with Crippen molar-refractivity contribution in [2.45, 2.75) is 13.0 Å². The first-order valence-corrected chi connectivity index (χ1v) is 9.34. The molecule has 0 saturated heterocycles. The van der Waals surface area contributed by atoms with Gasteiger partial charge >= 0.3 is 0 Å². The summed E-state index contributed by atoms with van der Waals surface area (Å²) >= 11 is 0. The second-order valence-electron chi connectivity index (χ2n) is 6.80. The highest BCUT2D eigenvalue weighted by molar-refractivity contribution is 5.89. The molecule has 0 aliphatic carbocycles. The van der Waals surface area contributed by atoms with Gasteiger partial charge in [-0.25, -0.2) is 0 Å². The number of nitrogens with zero attached hydrogens (tertiary/aromatic N) is 3. The largest absolute Gasteiger partial charge is 0.493 e. The van der Waals surface area contributed by atoms with Crippen molar-refractivity contribution in [3.63, 3.8) is 0 Å². The Morgan fingerprint density at radius 3 is 2.54 bits per heavy atom. The average Bonchev–Trinajstić information content (AvgIpc) is 3.20. The SMILES string of the molecule is COc1ccc(CN(C)CCc2ccccn2)c2cc(-c3ccccn3)oc12. The molecule has 5 nitrogen and oxygen atoms in total. The van der Waals surface area contributed by atoms with Crippen LogP contribution in [0, 0.1) is 0 Å². The van der Waals surface area contributed by atoms with E-state index in [9.17, 15) is 0 Å². The molecule has 0 spiro atoms. The lowest BCUT2D eigenvalue weighted by Crippen LogP contribution is -2.21. The van der Waals surface area contributed by atoms with Gasteiger partial charge in [-0.15, -0.1) is 0 Å². The van der Waals surface area contributed by atoms with Crippen molar-refractivity contribution in [2.24, 2.45) is 0 Å². The maximum absolute atomic E-state index is 6.11. The lowest BCUT2D eigenvalue weighted by Gasteiger charge is -2.17. The summed E-state index contributed by atoms with van der Waals surface area (Å²) in [6.45, 7) is 1.74. The van der Waals surface area contributed by atoms with Gasteiger partial charge in [-0.05, 0) is 49.0 Å². The van der Waals surface area contributed by atoms with E-state index in [0.29, 0.717) is 0 Å². The number of benzene rings is 1. The molecule has 4 aromatic rings. The number of hydrogen-bond donors (Lipinski definition) is 0. The van der Waals surface area contributed by atoms with Crippen LogP contribution in [0.1, 0.15) is 11.3 Å². The Hall–Kier alpha value is -3.18. The van der Waals surface area contributed by atoms with E-state index in [1.54, 1.807) is 13.3 Å². The van der Waals surface area contributed by atoms with Crippen LogP contribution in [0.2, 0.25) is 0 Å². The maximum Gasteiger partial charge on any atom is 0.177 e. The summed E-state index contributed by atoms with van der Waals surface area (Å²) in [5.74, 6) is 1.48. The smallest absolute Gasteiger partial charge is 0.177 e. The summed E-state index contributed by atoms with van der Waals surface area (Å²) in [6, 6.07) is 18.0. The van der Waals surface area contributed by atoms with Crippen LogP contribution < -0.4 is 4.74 Å². The Morgan fingerprint density at radius 1 is 1.00 bits per heavy atom. The number of likely N-dealkylation sites (N-methyl/N-ethyl adjacent to an activating group) is 1. The predicted molar refractivity (Wildman–Crippen MR) is 110 cm³/mol. The summed E-state index contributed by atoms with van der Waals surface area (Å²) in [5, 5.41) is 1.06. The van der Waals surface area contributed by atoms with Crippen molar-refractivity contribution in [1.82, 2.24) is 14.9 Å². The fourth-order valence-corrected chi connectivity index (χ4v) is 3.31. The van der Waals surface area contributed by atoms with Gasteiger partial charge in [0, 0.05) is 43.0 Å². The van der Waals surface area contributed by atoms with Crippen LogP contribution in [0.3, 0.4) is 0 Å². The molecule has 4 rings (SSSR count). The van der Waals surface area contributed by atoms with E-state index in [-0.39, 0.29) is 0 Å². The number of pyridine rings is 2. The molecule has 0 atom stereocenters. The second kappa shape index (κ2) is 8.23. The summed E-state index contributed by atoms with van der Waals surface area (Å²) < 4.78 is 11.6. The first-order chi connectivity index (χ1) is 13.7. The first-order valence-electron chi connectivity index (χ1n) is 9.34. The Bertz CT molecular complexity index is 1050. The highest BCUT2D eigenvalue weighted by atomic mass is 16.5. The number of methoxy groups -OCH3 is 1. The third-order valence-corrected chi connectivity index (χ3v) is 4.79. The van der Waals surface area contributed by atoms with Gasteiger partial charge in [-0.1, -0.05) is 18.2 Å². The van der Waals surface area contributed by atoms with Gasteiger partial charge in [0.2, 0.25) is 0 Å². The zero-order valence-electron chi connectivity index (χ0n) is 16.1. The number of aromatic nitrogens is 2. The molecular formula is C23H23N3O2. The van der Waals surface area contributed by atoms with E-state index in [1.165, 1.54) is 5.56 Å². The van der Waals surface area contributed by atoms with E-state index >= 15 is 0 Å². The molecule has 0 unspecified atom stereocenters. The molecule has 0 saturated carbocycles. The van der Waals surface area contributed by atoms with Gasteiger partial charge in [0.1, 0.15) is 5.69 Å². The molecule has 142 valence electrons. The third-order valence-electron chi connectivity index (χ3n) is 4.79. The van der Waals surface area contributed by atoms with Crippen LogP contribution in [0.15, 0.2) is 71.4 Å². The number of fused-ring (bicyclic) bond motifs is 1. The van der Waals surface area contributed by atoms with Crippen molar-refractivity contribution >= 4 is 11.0 Å². The molecule has 0 radical (unpaired) electrons. The standard InChI is InChI=1S/C23H23N3O2/c1-26(14-11-18-7-3-5-12-24-18)16-17-9-10-21(27-2)23-19(17)15-22(28-23)20-8-4-6-13-25-20/h3-10,12-13,15H,11,14,16H2,1-2H3. The Kier molecular flexibility index (Phi) is 5.35. The van der Waals surface area contributed by atoms with Crippen LogP contribution in [0.25, 0.3) is 22.4 Å². The summed E-state index contributed by atoms with van der Waals surface area (Å²) in [6.07, 6.45) is 4.53. The molecule has 0 fully saturated rings. The molecule has 28 heavy (non-hydrogen) atoms. The van der Waals surface area contributed by atoms with Gasteiger partial charge in [-0.2, -0.15) is 0 Å². The second-order valence-corrected chi connectivity index (χ2v) is 6.80. The third kappa shape index (κ3) is 3.89. The van der Waals surface area contributed by atoms with Gasteiger partial charge in [0.15, 0.2) is 17.1 Å². The van der Waals surface area contributed by atoms with Gasteiger partial charge < -0.3 is 14.1 Å². The fraction of sp³-hybridized carbons (Fsp3) is 0.217. The molecule has 0 aliphatic rings. The average molecular weight is 373 g/mol. The maximum atomic E-state index is 6.11. The monoisotopic (exact) mass is 373 g/mol. The van der Waals surface area contributed by atoms with Crippen LogP contribution in [0.5, 0.6) is 5.75 Å². The first kappa shape index (κ1) is 18.2. The fourth-order valence-electron chi connectivity index (χ4n) is 3.31. The lowest BCUT2D eigenvalue weighted by atomic mass is 10.1. The van der Waals surface area contributed by atoms with E-state index in [2.05, 4.69) is 40.1 Å². The highest BCUT2D eigenvalue weighted by Gasteiger charge is 2.15. The molecule has 3 heterocycles. The van der Waals surface area contributed by atoms with Gasteiger partial charge in [0.05, 0.1) is 7.11 Å². The molecule has 1 aromatic carbocycles. The highest BCUT2D eigenvalue weighted by Crippen LogP contribution is 2.35. The summed E-state index contributed by atoms with van der Waals surface area (Å²) in [5.41, 5.74) is 3.88. The minimum Gasteiger partial charge on any atom is -0.493 e. The Morgan fingerprint density at radius 2 is 1.82 bits per heavy atom. The van der Waals surface area contributed by atoms with Crippen molar-refractivity contribution in [3.8, 4) is 17.2 Å². The number of ether oxygens (including phenoxy) is 1. The molecule has 0 amide bonds. The molecule has 0 N–H and O–H groups in total. The van der Waals surface area contributed by atoms with Crippen LogP contribution in [0.4, 0.5) is 0 Å². The Balaban J connectivity index is 1.59. The zero-order chi connectivity index (χ0) is 19.3. The normalized spacial score (nSPS) is 11.2. The van der Waals surface area contributed by atoms with Crippen molar-refractivity contribution in [1.29, 1.82) is 0 Å². The van der Waals surface area contributed by atoms with Crippen molar-refractivity contribution in [3.05, 3.63) is 78.2 Å². The minimum atomic E-state index is 0.733. The number of furan rings is 1. The molecule has 5 heteroatoms. The van der Waals surface area contributed by atoms with Gasteiger partial charge in [-0.3, -0.25) is 9.97 Å². The van der Waals surface area contributed by atoms with Crippen LogP contribution >= 0.6 is 0 Å². The summed E-state index contributed by atoms with van der Waals surface area (Å²) in [4.78, 5) is 11.1. The van der Waals surface area contributed by atoms with Crippen molar-refractivity contribution in [2.75, 3.05) is 20.7 Å². The molecule has 0 bridgehead atoms. The van der Waals surface area contributed by atoms with E-state index in [1.807, 2.05) is 42.6 Å². The van der Waals surface area contributed by atoms with Crippen LogP contribution in [-0.2, 0) is 13.0 Å². The molecule has 3 aromatic heterocycles. The van der Waals surface area contributed by atoms with Gasteiger partial charge in [0.25, 0.3) is 0 Å². The predicted octanol–water partition coefficient (Wildman–Crippen LogP) is 4.57. The van der Waals surface area contributed by atoms with Crippen molar-refractivity contribution < 1.29 is 9.15 Å². The van der Waals surface area contributed by atoms with E-state index in [4.69, 9.17) is 9.15 Å². The van der Waals surface area contributed by atoms with E-state index < -0.39 is 0 Å². The number of rotatable bonds is 7. The summed E-state index contributed by atoms with van der Waals surface area (Å²) in [7, 11) is 3.79. The zero-order valence-corrected chi connectivity index (χ0v) is 16.1. The minimum absolute atomic E-state index is 0.733.